The molecule has 1 amide bonds. The number of hydrogen-bond acceptors (Lipinski definition) is 3. The molecule has 0 saturated heterocycles. The molecule has 19 heavy (non-hydrogen) atoms. The molecule has 0 fully saturated rings. The summed E-state index contributed by atoms with van der Waals surface area (Å²) >= 11 is -0.334. The number of benzene rings is 1. The van der Waals surface area contributed by atoms with Crippen LogP contribution in [-0.2, 0) is 0 Å². The average Bonchev–Trinajstić information content (AvgIpc) is 2.27. The third kappa shape index (κ3) is 5.12. The van der Waals surface area contributed by atoms with Crippen molar-refractivity contribution in [3.8, 4) is 0 Å². The average molecular weight is 293 g/mol. The Morgan fingerprint density at radius 2 is 1.89 bits per heavy atom. The molecule has 0 aliphatic rings. The van der Waals surface area contributed by atoms with E-state index in [1.165, 1.54) is 24.3 Å². The highest BCUT2D eigenvalue weighted by Crippen LogP contribution is 2.38. The molecule has 0 radical (unpaired) electrons. The topological polar surface area (TPSA) is 49.3 Å². The second-order valence-electron chi connectivity index (χ2n) is 4.54. The molecule has 106 valence electrons. The zero-order chi connectivity index (χ0) is 14.7. The van der Waals surface area contributed by atoms with Crippen LogP contribution < -0.4 is 5.32 Å². The van der Waals surface area contributed by atoms with Crippen LogP contribution in [0.2, 0.25) is 0 Å². The van der Waals surface area contributed by atoms with Crippen molar-refractivity contribution in [1.82, 2.24) is 5.32 Å². The van der Waals surface area contributed by atoms with Crippen LogP contribution in [0.15, 0.2) is 29.2 Å². The van der Waals surface area contributed by atoms with Crippen LogP contribution in [0.1, 0.15) is 24.2 Å². The standard InChI is InChI=1S/C12H14F3NO2S/c1-11(2,7-17)16-10(18)8-5-3-4-6-9(8)19-12(13,14)15/h3-6,17H,7H2,1-2H3,(H,16,18). The summed E-state index contributed by atoms with van der Waals surface area (Å²) in [5.74, 6) is -0.647. The summed E-state index contributed by atoms with van der Waals surface area (Å²) in [5.41, 5.74) is -5.41. The molecule has 0 unspecified atom stereocenters. The second-order valence-corrected chi connectivity index (χ2v) is 5.65. The fourth-order valence-electron chi connectivity index (χ4n) is 1.28. The molecule has 0 aliphatic carbocycles. The van der Waals surface area contributed by atoms with Gasteiger partial charge in [-0.2, -0.15) is 13.2 Å². The van der Waals surface area contributed by atoms with Crippen LogP contribution >= 0.6 is 11.8 Å². The van der Waals surface area contributed by atoms with E-state index in [2.05, 4.69) is 5.32 Å². The zero-order valence-electron chi connectivity index (χ0n) is 10.4. The fourth-order valence-corrected chi connectivity index (χ4v) is 1.95. The molecule has 2 N–H and O–H groups in total. The molecule has 0 atom stereocenters. The fraction of sp³-hybridized carbons (Fsp3) is 0.417. The molecule has 0 spiro atoms. The number of aliphatic hydroxyl groups excluding tert-OH is 1. The predicted molar refractivity (Wildman–Crippen MR) is 67.0 cm³/mol. The quantitative estimate of drug-likeness (QED) is 0.839. The van der Waals surface area contributed by atoms with Crippen LogP contribution in [-0.4, -0.2) is 28.7 Å². The summed E-state index contributed by atoms with van der Waals surface area (Å²) in [4.78, 5) is 11.8. The third-order valence-corrected chi connectivity index (χ3v) is 3.01. The summed E-state index contributed by atoms with van der Waals surface area (Å²) in [6.45, 7) is 2.84. The van der Waals surface area contributed by atoms with Gasteiger partial charge in [0.25, 0.3) is 5.91 Å². The van der Waals surface area contributed by atoms with Gasteiger partial charge in [0.05, 0.1) is 17.7 Å². The molecule has 7 heteroatoms. The molecule has 1 aromatic carbocycles. The maximum Gasteiger partial charge on any atom is 0.446 e. The number of amides is 1. The van der Waals surface area contributed by atoms with Crippen molar-refractivity contribution >= 4 is 17.7 Å². The summed E-state index contributed by atoms with van der Waals surface area (Å²) < 4.78 is 37.1. The van der Waals surface area contributed by atoms with Crippen LogP contribution in [0.3, 0.4) is 0 Å². The van der Waals surface area contributed by atoms with E-state index in [1.54, 1.807) is 13.8 Å². The highest BCUT2D eigenvalue weighted by molar-refractivity contribution is 8.00. The lowest BCUT2D eigenvalue weighted by molar-refractivity contribution is -0.0328. The summed E-state index contributed by atoms with van der Waals surface area (Å²) in [6, 6.07) is 5.47. The number of alkyl halides is 3. The van der Waals surface area contributed by atoms with Gasteiger partial charge in [0.1, 0.15) is 0 Å². The molecular weight excluding hydrogens is 279 g/mol. The summed E-state index contributed by atoms with van der Waals surface area (Å²) in [6.07, 6.45) is 0. The monoisotopic (exact) mass is 293 g/mol. The van der Waals surface area contributed by atoms with Gasteiger partial charge in [-0.25, -0.2) is 0 Å². The van der Waals surface area contributed by atoms with E-state index in [1.807, 2.05) is 0 Å². The first-order valence-electron chi connectivity index (χ1n) is 5.43. The number of halogens is 3. The molecule has 3 nitrogen and oxygen atoms in total. The Morgan fingerprint density at radius 1 is 1.32 bits per heavy atom. The minimum atomic E-state index is -4.46. The van der Waals surface area contributed by atoms with E-state index in [0.717, 1.165) is 0 Å². The van der Waals surface area contributed by atoms with Gasteiger partial charge >= 0.3 is 5.51 Å². The third-order valence-electron chi connectivity index (χ3n) is 2.20. The largest absolute Gasteiger partial charge is 0.446 e. The first kappa shape index (κ1) is 15.8. The van der Waals surface area contributed by atoms with Gasteiger partial charge in [-0.1, -0.05) is 12.1 Å². The highest BCUT2D eigenvalue weighted by atomic mass is 32.2. The van der Waals surface area contributed by atoms with E-state index in [-0.39, 0.29) is 28.8 Å². The van der Waals surface area contributed by atoms with Gasteiger partial charge in [0.15, 0.2) is 0 Å². The van der Waals surface area contributed by atoms with Crippen molar-refractivity contribution in [3.05, 3.63) is 29.8 Å². The lowest BCUT2D eigenvalue weighted by Crippen LogP contribution is -2.46. The molecule has 0 saturated carbocycles. The van der Waals surface area contributed by atoms with E-state index >= 15 is 0 Å². The number of carbonyl (C=O) groups is 1. The summed E-state index contributed by atoms with van der Waals surface area (Å²) in [7, 11) is 0. The Labute approximate surface area is 113 Å². The predicted octanol–water partition coefficient (Wildman–Crippen LogP) is 2.80. The van der Waals surface area contributed by atoms with Crippen molar-refractivity contribution in [2.24, 2.45) is 0 Å². The number of thioether (sulfide) groups is 1. The molecule has 1 aromatic rings. The zero-order valence-corrected chi connectivity index (χ0v) is 11.2. The van der Waals surface area contributed by atoms with Crippen molar-refractivity contribution in [3.63, 3.8) is 0 Å². The number of aliphatic hydroxyl groups is 1. The minimum absolute atomic E-state index is 0.0636. The Morgan fingerprint density at radius 3 is 2.42 bits per heavy atom. The lowest BCUT2D eigenvalue weighted by Gasteiger charge is -2.24. The Hall–Kier alpha value is -1.21. The van der Waals surface area contributed by atoms with Gasteiger partial charge in [0, 0.05) is 4.90 Å². The maximum absolute atomic E-state index is 12.4. The normalized spacial score (nSPS) is 12.3. The van der Waals surface area contributed by atoms with Gasteiger partial charge in [0.2, 0.25) is 0 Å². The first-order chi connectivity index (χ1) is 8.64. The van der Waals surface area contributed by atoms with Crippen molar-refractivity contribution in [2.75, 3.05) is 6.61 Å². The smallest absolute Gasteiger partial charge is 0.394 e. The number of rotatable bonds is 4. The number of carbonyl (C=O) groups excluding carboxylic acids is 1. The molecular formula is C12H14F3NO2S. The Balaban J connectivity index is 2.97. The summed E-state index contributed by atoms with van der Waals surface area (Å²) in [5, 5.41) is 11.5. The van der Waals surface area contributed by atoms with Gasteiger partial charge in [-0.05, 0) is 37.7 Å². The van der Waals surface area contributed by atoms with Gasteiger partial charge in [-0.3, -0.25) is 4.79 Å². The van der Waals surface area contributed by atoms with Gasteiger partial charge < -0.3 is 10.4 Å². The molecule has 0 aliphatic heterocycles. The molecule has 0 heterocycles. The number of hydrogen-bond donors (Lipinski definition) is 2. The van der Waals surface area contributed by atoms with Crippen LogP contribution in [0.25, 0.3) is 0 Å². The van der Waals surface area contributed by atoms with Crippen molar-refractivity contribution < 1.29 is 23.1 Å². The SMILES string of the molecule is CC(C)(CO)NC(=O)c1ccccc1SC(F)(F)F. The Bertz CT molecular complexity index is 461. The highest BCUT2D eigenvalue weighted by Gasteiger charge is 2.31. The van der Waals surface area contributed by atoms with E-state index < -0.39 is 17.0 Å². The van der Waals surface area contributed by atoms with E-state index in [0.29, 0.717) is 0 Å². The maximum atomic E-state index is 12.4. The van der Waals surface area contributed by atoms with E-state index in [9.17, 15) is 18.0 Å². The molecule has 0 bridgehead atoms. The van der Waals surface area contributed by atoms with Crippen LogP contribution in [0.4, 0.5) is 13.2 Å². The van der Waals surface area contributed by atoms with Gasteiger partial charge in [-0.15, -0.1) is 0 Å². The van der Waals surface area contributed by atoms with Crippen molar-refractivity contribution in [1.29, 1.82) is 0 Å². The minimum Gasteiger partial charge on any atom is -0.394 e. The molecule has 0 aromatic heterocycles. The van der Waals surface area contributed by atoms with Crippen molar-refractivity contribution in [2.45, 2.75) is 29.8 Å². The molecule has 1 rings (SSSR count). The first-order valence-corrected chi connectivity index (χ1v) is 6.24. The van der Waals surface area contributed by atoms with E-state index in [4.69, 9.17) is 5.11 Å². The number of nitrogens with one attached hydrogen (secondary N) is 1. The van der Waals surface area contributed by atoms with Crippen LogP contribution in [0.5, 0.6) is 0 Å². The lowest BCUT2D eigenvalue weighted by atomic mass is 10.1. The van der Waals surface area contributed by atoms with Crippen LogP contribution in [0, 0.1) is 0 Å². The Kier molecular flexibility index (Phi) is 4.86. The second kappa shape index (κ2) is 5.83.